The van der Waals surface area contributed by atoms with E-state index >= 15 is 0 Å². The summed E-state index contributed by atoms with van der Waals surface area (Å²) in [5, 5.41) is 8.81. The zero-order chi connectivity index (χ0) is 11.3. The largest absolute Gasteiger partial charge is 0.392 e. The van der Waals surface area contributed by atoms with E-state index in [1.165, 1.54) is 12.1 Å². The molecule has 1 aromatic carbocycles. The second kappa shape index (κ2) is 5.25. The van der Waals surface area contributed by atoms with Crippen molar-refractivity contribution in [3.63, 3.8) is 0 Å². The van der Waals surface area contributed by atoms with Gasteiger partial charge in [-0.15, -0.1) is 0 Å². The van der Waals surface area contributed by atoms with Crippen LogP contribution in [0.3, 0.4) is 0 Å². The molecule has 5 heteroatoms. The van der Waals surface area contributed by atoms with E-state index in [9.17, 15) is 8.42 Å². The maximum absolute atomic E-state index is 11.6. The summed E-state index contributed by atoms with van der Waals surface area (Å²) in [7, 11) is -3.38. The van der Waals surface area contributed by atoms with Gasteiger partial charge in [0.05, 0.1) is 11.5 Å². The molecule has 0 fully saturated rings. The molecule has 0 unspecified atom stereocenters. The summed E-state index contributed by atoms with van der Waals surface area (Å²) in [6.07, 6.45) is 0.758. The maximum atomic E-state index is 11.6. The molecule has 0 aromatic heterocycles. The Balaban J connectivity index is 2.86. The summed E-state index contributed by atoms with van der Waals surface area (Å²) >= 11 is 0. The lowest BCUT2D eigenvalue weighted by atomic mass is 10.2. The molecule has 0 spiro atoms. The number of aliphatic hydroxyl groups excluding tert-OH is 1. The number of hydrogen-bond acceptors (Lipinski definition) is 3. The van der Waals surface area contributed by atoms with Gasteiger partial charge in [0, 0.05) is 6.54 Å². The van der Waals surface area contributed by atoms with Gasteiger partial charge in [-0.1, -0.05) is 19.1 Å². The fourth-order valence-corrected chi connectivity index (χ4v) is 2.23. The van der Waals surface area contributed by atoms with Crippen molar-refractivity contribution in [3.8, 4) is 0 Å². The normalized spacial score (nSPS) is 11.6. The number of aliphatic hydroxyl groups is 1. The van der Waals surface area contributed by atoms with E-state index in [1.807, 2.05) is 6.92 Å². The van der Waals surface area contributed by atoms with E-state index < -0.39 is 10.0 Å². The zero-order valence-electron chi connectivity index (χ0n) is 8.60. The Morgan fingerprint density at radius 1 is 1.27 bits per heavy atom. The first kappa shape index (κ1) is 12.2. The van der Waals surface area contributed by atoms with E-state index in [-0.39, 0.29) is 11.5 Å². The summed E-state index contributed by atoms with van der Waals surface area (Å²) in [6, 6.07) is 6.17. The topological polar surface area (TPSA) is 66.4 Å². The highest BCUT2D eigenvalue weighted by molar-refractivity contribution is 7.89. The number of hydrogen-bond donors (Lipinski definition) is 2. The summed E-state index contributed by atoms with van der Waals surface area (Å²) < 4.78 is 25.7. The fraction of sp³-hybridized carbons (Fsp3) is 0.400. The molecular weight excluding hydrogens is 214 g/mol. The third-order valence-corrected chi connectivity index (χ3v) is 3.44. The fourth-order valence-electron chi connectivity index (χ4n) is 1.09. The molecule has 0 atom stereocenters. The van der Waals surface area contributed by atoms with Gasteiger partial charge >= 0.3 is 0 Å². The predicted octanol–water partition coefficient (Wildman–Crippen LogP) is 0.867. The molecule has 84 valence electrons. The lowest BCUT2D eigenvalue weighted by Crippen LogP contribution is -2.24. The second-order valence-electron chi connectivity index (χ2n) is 3.20. The SMILES string of the molecule is CCCNS(=O)(=O)c1ccc(CO)cc1. The third kappa shape index (κ3) is 3.30. The highest BCUT2D eigenvalue weighted by Gasteiger charge is 2.11. The van der Waals surface area contributed by atoms with Crippen LogP contribution in [0, 0.1) is 0 Å². The first-order valence-corrected chi connectivity index (χ1v) is 6.28. The Labute approximate surface area is 90.0 Å². The molecule has 0 radical (unpaired) electrons. The number of rotatable bonds is 5. The molecule has 0 aliphatic carbocycles. The Morgan fingerprint density at radius 3 is 2.33 bits per heavy atom. The Hall–Kier alpha value is -0.910. The Morgan fingerprint density at radius 2 is 1.87 bits per heavy atom. The maximum Gasteiger partial charge on any atom is 0.240 e. The van der Waals surface area contributed by atoms with Crippen molar-refractivity contribution in [3.05, 3.63) is 29.8 Å². The minimum Gasteiger partial charge on any atom is -0.392 e. The van der Waals surface area contributed by atoms with Crippen LogP contribution in [0.15, 0.2) is 29.2 Å². The predicted molar refractivity (Wildman–Crippen MR) is 57.8 cm³/mol. The monoisotopic (exact) mass is 229 g/mol. The van der Waals surface area contributed by atoms with Crippen LogP contribution in [0.2, 0.25) is 0 Å². The van der Waals surface area contributed by atoms with Gasteiger partial charge < -0.3 is 5.11 Å². The van der Waals surface area contributed by atoms with Crippen molar-refractivity contribution in [2.75, 3.05) is 6.54 Å². The molecule has 0 aliphatic rings. The number of benzene rings is 1. The minimum absolute atomic E-state index is 0.0806. The van der Waals surface area contributed by atoms with Crippen molar-refractivity contribution in [1.82, 2.24) is 4.72 Å². The van der Waals surface area contributed by atoms with Crippen molar-refractivity contribution >= 4 is 10.0 Å². The second-order valence-corrected chi connectivity index (χ2v) is 4.97. The molecule has 1 aromatic rings. The molecule has 1 rings (SSSR count). The molecule has 0 aliphatic heterocycles. The summed E-state index contributed by atoms with van der Waals surface area (Å²) in [4.78, 5) is 0.230. The molecule has 0 heterocycles. The lowest BCUT2D eigenvalue weighted by molar-refractivity contribution is 0.282. The molecule has 15 heavy (non-hydrogen) atoms. The van der Waals surface area contributed by atoms with Gasteiger partial charge in [-0.2, -0.15) is 0 Å². The third-order valence-electron chi connectivity index (χ3n) is 1.96. The smallest absolute Gasteiger partial charge is 0.240 e. The van der Waals surface area contributed by atoms with Gasteiger partial charge in [-0.3, -0.25) is 0 Å². The van der Waals surface area contributed by atoms with Crippen LogP contribution in [0.4, 0.5) is 0 Å². The number of sulfonamides is 1. The van der Waals surface area contributed by atoms with E-state index in [0.717, 1.165) is 6.42 Å². The molecule has 0 saturated heterocycles. The van der Waals surface area contributed by atoms with Gasteiger partial charge in [0.2, 0.25) is 10.0 Å². The average Bonchev–Trinajstić information content (AvgIpc) is 2.26. The van der Waals surface area contributed by atoms with Gasteiger partial charge in [0.25, 0.3) is 0 Å². The Kier molecular flexibility index (Phi) is 4.26. The van der Waals surface area contributed by atoms with Crippen LogP contribution < -0.4 is 4.72 Å². The summed E-state index contributed by atoms with van der Waals surface area (Å²) in [6.45, 7) is 2.25. The first-order valence-electron chi connectivity index (χ1n) is 4.79. The quantitative estimate of drug-likeness (QED) is 0.787. The average molecular weight is 229 g/mol. The van der Waals surface area contributed by atoms with Crippen LogP contribution in [0.25, 0.3) is 0 Å². The van der Waals surface area contributed by atoms with Crippen LogP contribution in [-0.4, -0.2) is 20.1 Å². The van der Waals surface area contributed by atoms with Crippen LogP contribution >= 0.6 is 0 Å². The van der Waals surface area contributed by atoms with Crippen molar-refractivity contribution in [2.45, 2.75) is 24.8 Å². The van der Waals surface area contributed by atoms with Crippen molar-refractivity contribution in [1.29, 1.82) is 0 Å². The Bertz CT molecular complexity index is 397. The lowest BCUT2D eigenvalue weighted by Gasteiger charge is -2.05. The minimum atomic E-state index is -3.38. The number of nitrogens with one attached hydrogen (secondary N) is 1. The van der Waals surface area contributed by atoms with E-state index in [4.69, 9.17) is 5.11 Å². The highest BCUT2D eigenvalue weighted by atomic mass is 32.2. The molecule has 0 saturated carbocycles. The zero-order valence-corrected chi connectivity index (χ0v) is 9.42. The molecule has 4 nitrogen and oxygen atoms in total. The summed E-state index contributed by atoms with van der Waals surface area (Å²) in [5.41, 5.74) is 0.699. The van der Waals surface area contributed by atoms with Gasteiger partial charge in [0.15, 0.2) is 0 Å². The highest BCUT2D eigenvalue weighted by Crippen LogP contribution is 2.10. The van der Waals surface area contributed by atoms with Crippen molar-refractivity contribution < 1.29 is 13.5 Å². The van der Waals surface area contributed by atoms with Gasteiger partial charge in [-0.05, 0) is 24.1 Å². The molecule has 0 bridgehead atoms. The first-order chi connectivity index (χ1) is 7.10. The molecule has 0 amide bonds. The van der Waals surface area contributed by atoms with E-state index in [0.29, 0.717) is 12.1 Å². The molecule has 2 N–H and O–H groups in total. The van der Waals surface area contributed by atoms with Crippen LogP contribution in [0.5, 0.6) is 0 Å². The van der Waals surface area contributed by atoms with Gasteiger partial charge in [0.1, 0.15) is 0 Å². The van der Waals surface area contributed by atoms with E-state index in [2.05, 4.69) is 4.72 Å². The van der Waals surface area contributed by atoms with E-state index in [1.54, 1.807) is 12.1 Å². The summed E-state index contributed by atoms with van der Waals surface area (Å²) in [5.74, 6) is 0. The van der Waals surface area contributed by atoms with Crippen LogP contribution in [-0.2, 0) is 16.6 Å². The molecular formula is C10H15NO3S. The van der Waals surface area contributed by atoms with Gasteiger partial charge in [-0.25, -0.2) is 13.1 Å². The standard InChI is InChI=1S/C10H15NO3S/c1-2-7-11-15(13,14)10-5-3-9(8-12)4-6-10/h3-6,11-12H,2,7-8H2,1H3. The van der Waals surface area contributed by atoms with Crippen LogP contribution in [0.1, 0.15) is 18.9 Å². The van der Waals surface area contributed by atoms with Crippen molar-refractivity contribution in [2.24, 2.45) is 0 Å².